The molecule has 30 heavy (non-hydrogen) atoms. The molecule has 0 aromatic heterocycles. The molecule has 0 atom stereocenters. The number of rotatable bonds is 5. The molecule has 0 unspecified atom stereocenters. The molecule has 0 bridgehead atoms. The molecule has 0 spiro atoms. The Morgan fingerprint density at radius 3 is 2.43 bits per heavy atom. The minimum atomic E-state index is -0.620. The maximum atomic E-state index is 12.2. The number of amides is 2. The van der Waals surface area contributed by atoms with Gasteiger partial charge in [-0.25, -0.2) is 4.79 Å². The lowest BCUT2D eigenvalue weighted by Gasteiger charge is -2.32. The van der Waals surface area contributed by atoms with Gasteiger partial charge in [0.2, 0.25) is 0 Å². The summed E-state index contributed by atoms with van der Waals surface area (Å²) in [6, 6.07) is 3.61. The largest absolute Gasteiger partial charge is 0.455 e. The normalized spacial score (nSPS) is 14.7. The Balaban J connectivity index is 1.78. The predicted molar refractivity (Wildman–Crippen MR) is 108 cm³/mol. The third-order valence-electron chi connectivity index (χ3n) is 4.26. The molecular formula is C19H24ClN3O7. The van der Waals surface area contributed by atoms with Crippen molar-refractivity contribution >= 4 is 40.9 Å². The molecule has 1 aromatic carbocycles. The summed E-state index contributed by atoms with van der Waals surface area (Å²) in [6.07, 6.45) is 0.399. The van der Waals surface area contributed by atoms with E-state index in [0.717, 1.165) is 6.07 Å². The van der Waals surface area contributed by atoms with Crippen molar-refractivity contribution in [1.29, 1.82) is 0 Å². The number of non-ortho nitro benzene ring substituents is 1. The van der Waals surface area contributed by atoms with Crippen molar-refractivity contribution < 1.29 is 28.8 Å². The first kappa shape index (κ1) is 23.4. The van der Waals surface area contributed by atoms with Gasteiger partial charge >= 0.3 is 12.1 Å². The van der Waals surface area contributed by atoms with Crippen molar-refractivity contribution in [3.8, 4) is 0 Å². The molecule has 164 valence electrons. The Morgan fingerprint density at radius 1 is 1.27 bits per heavy atom. The molecular weight excluding hydrogens is 418 g/mol. The third kappa shape index (κ3) is 6.87. The number of nitro groups is 1. The number of esters is 1. The van der Waals surface area contributed by atoms with Gasteiger partial charge in [-0.05, 0) is 39.7 Å². The highest BCUT2D eigenvalue weighted by Gasteiger charge is 2.31. The number of halogens is 1. The molecule has 1 aliphatic heterocycles. The highest BCUT2D eigenvalue weighted by atomic mass is 35.5. The molecule has 0 radical (unpaired) electrons. The number of ether oxygens (including phenoxy) is 2. The summed E-state index contributed by atoms with van der Waals surface area (Å²) >= 11 is 5.91. The highest BCUT2D eigenvalue weighted by Crippen LogP contribution is 2.26. The Labute approximate surface area is 178 Å². The maximum absolute atomic E-state index is 12.2. The second-order valence-corrected chi connectivity index (χ2v) is 8.23. The lowest BCUT2D eigenvalue weighted by molar-refractivity contribution is -0.384. The lowest BCUT2D eigenvalue weighted by Crippen LogP contribution is -2.43. The molecule has 1 N–H and O–H groups in total. The average molecular weight is 442 g/mol. The minimum Gasteiger partial charge on any atom is -0.455 e. The molecule has 1 fully saturated rings. The van der Waals surface area contributed by atoms with Crippen molar-refractivity contribution in [2.75, 3.05) is 25.0 Å². The van der Waals surface area contributed by atoms with Gasteiger partial charge in [-0.1, -0.05) is 11.6 Å². The summed E-state index contributed by atoms with van der Waals surface area (Å²) in [7, 11) is 0. The number of carbonyl (C=O) groups excluding carboxylic acids is 3. The van der Waals surface area contributed by atoms with Crippen LogP contribution in [0.4, 0.5) is 16.2 Å². The SMILES string of the molecule is CC(C)(C)OC(=O)N1CCC(C(=O)OCC(=O)Nc2ccc([N+](=O)[O-])cc2Cl)CC1. The van der Waals surface area contributed by atoms with E-state index in [1.54, 1.807) is 25.7 Å². The number of nitrogens with zero attached hydrogens (tertiary/aromatic N) is 2. The molecule has 2 amide bonds. The van der Waals surface area contributed by atoms with E-state index < -0.39 is 41.0 Å². The number of hydrogen-bond donors (Lipinski definition) is 1. The van der Waals surface area contributed by atoms with Crippen LogP contribution in [0.25, 0.3) is 0 Å². The van der Waals surface area contributed by atoms with Crippen LogP contribution < -0.4 is 5.32 Å². The second-order valence-electron chi connectivity index (χ2n) is 7.82. The Hall–Kier alpha value is -2.88. The van der Waals surface area contributed by atoms with Crippen molar-refractivity contribution in [2.24, 2.45) is 5.92 Å². The summed E-state index contributed by atoms with van der Waals surface area (Å²) in [6.45, 7) is 5.55. The number of likely N-dealkylation sites (tertiary alicyclic amines) is 1. The number of anilines is 1. The topological polar surface area (TPSA) is 128 Å². The summed E-state index contributed by atoms with van der Waals surface area (Å²) in [4.78, 5) is 47.9. The minimum absolute atomic E-state index is 0.00149. The summed E-state index contributed by atoms with van der Waals surface area (Å²) < 4.78 is 10.4. The van der Waals surface area contributed by atoms with Gasteiger partial charge < -0.3 is 19.7 Å². The summed E-state index contributed by atoms with van der Waals surface area (Å²) in [5, 5.41) is 13.1. The molecule has 2 rings (SSSR count). The van der Waals surface area contributed by atoms with Gasteiger partial charge in [0.1, 0.15) is 5.60 Å². The van der Waals surface area contributed by atoms with E-state index in [4.69, 9.17) is 21.1 Å². The molecule has 1 aliphatic rings. The van der Waals surface area contributed by atoms with E-state index in [1.807, 2.05) is 0 Å². The zero-order valence-corrected chi connectivity index (χ0v) is 17.7. The Bertz CT molecular complexity index is 830. The molecule has 1 aromatic rings. The molecule has 10 nitrogen and oxygen atoms in total. The number of carbonyl (C=O) groups is 3. The zero-order chi connectivity index (χ0) is 22.5. The highest BCUT2D eigenvalue weighted by molar-refractivity contribution is 6.34. The van der Waals surface area contributed by atoms with Gasteiger partial charge in [0.05, 0.1) is 21.6 Å². The zero-order valence-electron chi connectivity index (χ0n) is 17.0. The van der Waals surface area contributed by atoms with Crippen molar-refractivity contribution in [2.45, 2.75) is 39.2 Å². The standard InChI is InChI=1S/C19H24ClN3O7/c1-19(2,3)30-18(26)22-8-6-12(7-9-22)17(25)29-11-16(24)21-15-5-4-13(23(27)28)10-14(15)20/h4-5,10,12H,6-9,11H2,1-3H3,(H,21,24). The van der Waals surface area contributed by atoms with Crippen molar-refractivity contribution in [1.82, 2.24) is 4.90 Å². The summed E-state index contributed by atoms with van der Waals surface area (Å²) in [5.74, 6) is -1.56. The molecule has 0 aliphatic carbocycles. The van der Waals surface area contributed by atoms with Gasteiger partial charge in [-0.15, -0.1) is 0 Å². The maximum Gasteiger partial charge on any atom is 0.410 e. The van der Waals surface area contributed by atoms with E-state index in [0.29, 0.717) is 25.9 Å². The number of hydrogen-bond acceptors (Lipinski definition) is 7. The fourth-order valence-corrected chi connectivity index (χ4v) is 3.01. The van der Waals surface area contributed by atoms with Crippen molar-refractivity contribution in [3.63, 3.8) is 0 Å². The van der Waals surface area contributed by atoms with Gasteiger partial charge in [-0.2, -0.15) is 0 Å². The van der Waals surface area contributed by atoms with Crippen LogP contribution in [0.2, 0.25) is 5.02 Å². The molecule has 11 heteroatoms. The quantitative estimate of drug-likeness (QED) is 0.421. The second kappa shape index (κ2) is 9.75. The third-order valence-corrected chi connectivity index (χ3v) is 4.58. The van der Waals surface area contributed by atoms with Crippen LogP contribution in [0.15, 0.2) is 18.2 Å². The average Bonchev–Trinajstić information content (AvgIpc) is 2.66. The van der Waals surface area contributed by atoms with Gasteiger partial charge in [0.25, 0.3) is 11.6 Å². The lowest BCUT2D eigenvalue weighted by atomic mass is 9.97. The summed E-state index contributed by atoms with van der Waals surface area (Å²) in [5.41, 5.74) is -0.622. The number of piperidine rings is 1. The first-order valence-electron chi connectivity index (χ1n) is 9.34. The first-order valence-corrected chi connectivity index (χ1v) is 9.72. The molecule has 1 saturated heterocycles. The Morgan fingerprint density at radius 2 is 1.90 bits per heavy atom. The van der Waals surface area contributed by atoms with Crippen LogP contribution >= 0.6 is 11.6 Å². The first-order chi connectivity index (χ1) is 14.0. The number of nitro benzene ring substituents is 1. The fourth-order valence-electron chi connectivity index (χ4n) is 2.78. The van der Waals surface area contributed by atoms with Gasteiger partial charge in [0.15, 0.2) is 6.61 Å². The van der Waals surface area contributed by atoms with E-state index in [1.165, 1.54) is 12.1 Å². The van der Waals surface area contributed by atoms with Gasteiger partial charge in [-0.3, -0.25) is 19.7 Å². The monoisotopic (exact) mass is 441 g/mol. The smallest absolute Gasteiger partial charge is 0.410 e. The van der Waals surface area contributed by atoms with Crippen LogP contribution in [0.5, 0.6) is 0 Å². The van der Waals surface area contributed by atoms with Crippen LogP contribution in [-0.2, 0) is 19.1 Å². The van der Waals surface area contributed by atoms with Crippen LogP contribution in [-0.4, -0.2) is 53.1 Å². The van der Waals surface area contributed by atoms with E-state index in [-0.39, 0.29) is 16.4 Å². The van der Waals surface area contributed by atoms with E-state index in [2.05, 4.69) is 5.32 Å². The number of benzene rings is 1. The molecule has 1 heterocycles. The van der Waals surface area contributed by atoms with Crippen LogP contribution in [0, 0.1) is 16.0 Å². The van der Waals surface area contributed by atoms with Crippen LogP contribution in [0.3, 0.4) is 0 Å². The predicted octanol–water partition coefficient (Wildman–Crippen LogP) is 3.38. The van der Waals surface area contributed by atoms with Crippen molar-refractivity contribution in [3.05, 3.63) is 33.3 Å². The van der Waals surface area contributed by atoms with E-state index in [9.17, 15) is 24.5 Å². The van der Waals surface area contributed by atoms with E-state index >= 15 is 0 Å². The van der Waals surface area contributed by atoms with Crippen LogP contribution in [0.1, 0.15) is 33.6 Å². The number of nitrogens with one attached hydrogen (secondary N) is 1. The molecule has 0 saturated carbocycles. The Kier molecular flexibility index (Phi) is 7.60. The van der Waals surface area contributed by atoms with Gasteiger partial charge in [0, 0.05) is 25.2 Å². The fraction of sp³-hybridized carbons (Fsp3) is 0.526.